The molecule has 0 fully saturated rings. The number of hydrogen-bond acceptors (Lipinski definition) is 8. The van der Waals surface area contributed by atoms with Crippen LogP contribution in [0.5, 0.6) is 0 Å². The van der Waals surface area contributed by atoms with Crippen molar-refractivity contribution in [3.8, 4) is 124 Å². The van der Waals surface area contributed by atoms with Crippen molar-refractivity contribution in [3.05, 3.63) is 328 Å². The minimum Gasteiger partial charge on any atom is -0.455 e. The average Bonchev–Trinajstić information content (AvgIpc) is 1.54. The molecule has 19 rings (SSSR count). The number of hydrogen-bond donors (Lipinski definition) is 0. The van der Waals surface area contributed by atoms with Gasteiger partial charge in [-0.15, -0.1) is 0 Å². The molecule has 0 amide bonds. The predicted octanol–water partition coefficient (Wildman–Crippen LogP) is 23.7. The van der Waals surface area contributed by atoms with E-state index in [4.69, 9.17) is 38.7 Å². The molecule has 98 heavy (non-hydrogen) atoms. The molecular weight excluding hydrogens is 1200 g/mol. The van der Waals surface area contributed by atoms with Crippen LogP contribution in [0.4, 0.5) is 0 Å². The molecular formula is C90H54N6O2. The lowest BCUT2D eigenvalue weighted by atomic mass is 9.96. The van der Waals surface area contributed by atoms with E-state index in [0.29, 0.717) is 11.6 Å². The third-order valence-electron chi connectivity index (χ3n) is 18.9. The second-order valence-corrected chi connectivity index (χ2v) is 24.8. The van der Waals surface area contributed by atoms with E-state index in [2.05, 4.69) is 261 Å². The summed E-state index contributed by atoms with van der Waals surface area (Å²) in [4.78, 5) is 32.2. The quantitative estimate of drug-likeness (QED) is 0.126. The summed E-state index contributed by atoms with van der Waals surface area (Å²) in [7, 11) is 0. The highest BCUT2D eigenvalue weighted by atomic mass is 16.3. The molecule has 0 aliphatic carbocycles. The molecule has 0 bridgehead atoms. The summed E-state index contributed by atoms with van der Waals surface area (Å²) < 4.78 is 13.5. The van der Waals surface area contributed by atoms with Crippen LogP contribution in [-0.2, 0) is 0 Å². The minimum atomic E-state index is 0.605. The first-order chi connectivity index (χ1) is 48.5. The highest BCUT2D eigenvalue weighted by Gasteiger charge is 2.24. The Hall–Kier alpha value is -13.3. The van der Waals surface area contributed by atoms with E-state index in [-0.39, 0.29) is 0 Å². The number of pyridine rings is 2. The summed E-state index contributed by atoms with van der Waals surface area (Å²) in [5.74, 6) is 1.22. The van der Waals surface area contributed by atoms with Gasteiger partial charge >= 0.3 is 0 Å². The monoisotopic (exact) mass is 1250 g/mol. The van der Waals surface area contributed by atoms with Gasteiger partial charge < -0.3 is 8.83 Å². The van der Waals surface area contributed by atoms with Crippen LogP contribution in [0.15, 0.2) is 336 Å². The van der Waals surface area contributed by atoms with Crippen LogP contribution in [-0.4, -0.2) is 29.9 Å². The van der Waals surface area contributed by atoms with Crippen LogP contribution in [0.1, 0.15) is 0 Å². The van der Waals surface area contributed by atoms with E-state index in [1.807, 2.05) is 66.7 Å². The standard InChI is InChI=1S/C90H54N6O2/c1-4-20-57(21-5-1)70-36-19-37-74-82(70)88-84(73-34-13-15-39-81(73)98-88)86(91-74)66-30-17-31-67(51-66)90-94-75(58-23-6-2-7-24-58)53-77(95-90)60-42-40-55(41-43-60)63-28-16-29-65(50-63)78-54-76(59-25-8-3-9-26-59)93-89(96-78)62-46-44-61(45-47-62)85-83-72-33-12-14-38-80(72)97-87(83)71-49-48-64(52-79(71)92-85)69-35-18-27-56-22-10-11-32-68(56)69/h1-54H. The molecule has 8 heteroatoms. The zero-order valence-corrected chi connectivity index (χ0v) is 52.7. The van der Waals surface area contributed by atoms with E-state index in [1.165, 1.54) is 10.8 Å². The number of benzene rings is 13. The number of nitrogens with zero attached hydrogens (tertiary/aromatic N) is 6. The fourth-order valence-electron chi connectivity index (χ4n) is 14.1. The van der Waals surface area contributed by atoms with Gasteiger partial charge in [0.05, 0.1) is 61.4 Å². The van der Waals surface area contributed by atoms with Gasteiger partial charge in [-0.1, -0.05) is 273 Å². The molecule has 6 aromatic heterocycles. The van der Waals surface area contributed by atoms with E-state index < -0.39 is 0 Å². The summed E-state index contributed by atoms with van der Waals surface area (Å²) >= 11 is 0. The van der Waals surface area contributed by atoms with Crippen molar-refractivity contribution >= 4 is 76.5 Å². The maximum Gasteiger partial charge on any atom is 0.160 e. The van der Waals surface area contributed by atoms with Crippen molar-refractivity contribution in [1.29, 1.82) is 0 Å². The van der Waals surface area contributed by atoms with Gasteiger partial charge in [0.2, 0.25) is 0 Å². The topological polar surface area (TPSA) is 104 Å². The highest BCUT2D eigenvalue weighted by Crippen LogP contribution is 2.45. The Labute approximate surface area is 563 Å². The lowest BCUT2D eigenvalue weighted by Crippen LogP contribution is -1.97. The summed E-state index contributed by atoms with van der Waals surface area (Å²) in [6.07, 6.45) is 0. The number of fused-ring (bicyclic) bond motifs is 11. The van der Waals surface area contributed by atoms with Crippen molar-refractivity contribution < 1.29 is 8.83 Å². The molecule has 0 spiro atoms. The highest BCUT2D eigenvalue weighted by molar-refractivity contribution is 6.23. The first kappa shape index (κ1) is 56.3. The summed E-state index contributed by atoms with van der Waals surface area (Å²) in [6.45, 7) is 0. The van der Waals surface area contributed by atoms with Gasteiger partial charge in [-0.2, -0.15) is 0 Å². The van der Waals surface area contributed by atoms with Crippen molar-refractivity contribution in [1.82, 2.24) is 29.9 Å². The number of para-hydroxylation sites is 2. The molecule has 19 aromatic rings. The first-order valence-corrected chi connectivity index (χ1v) is 32.9. The Balaban J connectivity index is 0.664. The van der Waals surface area contributed by atoms with Gasteiger partial charge in [0.25, 0.3) is 0 Å². The van der Waals surface area contributed by atoms with Crippen molar-refractivity contribution in [2.24, 2.45) is 0 Å². The van der Waals surface area contributed by atoms with E-state index in [9.17, 15) is 0 Å². The van der Waals surface area contributed by atoms with Crippen LogP contribution < -0.4 is 0 Å². The van der Waals surface area contributed by atoms with E-state index >= 15 is 0 Å². The molecule has 13 aromatic carbocycles. The molecule has 0 saturated carbocycles. The normalized spacial score (nSPS) is 11.7. The van der Waals surface area contributed by atoms with E-state index in [0.717, 1.165) is 178 Å². The SMILES string of the molecule is c1ccc(-c2cc(-c3cccc(-c4ccc(-c5cc(-c6ccccc6)nc(-c6cccc(-c7nc8cccc(-c9ccccc9)c8c8oc9ccccc9c78)c6)n5)cc4)c3)nc(-c3ccc(-c4nc5cc(-c6cccc7ccccc67)ccc5c5oc6ccccc6c45)cc3)n2)cc1. The maximum atomic E-state index is 6.82. The zero-order chi connectivity index (χ0) is 64.6. The number of furan rings is 2. The van der Waals surface area contributed by atoms with Gasteiger partial charge in [-0.05, 0) is 98.8 Å². The average molecular weight is 1250 g/mol. The van der Waals surface area contributed by atoms with Crippen LogP contribution in [0, 0.1) is 0 Å². The van der Waals surface area contributed by atoms with Crippen molar-refractivity contribution in [2.75, 3.05) is 0 Å². The summed E-state index contributed by atoms with van der Waals surface area (Å²) in [6, 6.07) is 114. The fraction of sp³-hybridized carbons (Fsp3) is 0. The molecule has 0 atom stereocenters. The Kier molecular flexibility index (Phi) is 13.4. The molecule has 0 N–H and O–H groups in total. The third-order valence-corrected chi connectivity index (χ3v) is 18.9. The molecule has 0 aliphatic rings. The number of aromatic nitrogens is 6. The third kappa shape index (κ3) is 9.85. The summed E-state index contributed by atoms with van der Waals surface area (Å²) in [5.41, 5.74) is 24.0. The maximum absolute atomic E-state index is 6.82. The Morgan fingerprint density at radius 1 is 0.204 bits per heavy atom. The largest absolute Gasteiger partial charge is 0.455 e. The van der Waals surface area contributed by atoms with Gasteiger partial charge in [0.1, 0.15) is 22.3 Å². The lowest BCUT2D eigenvalue weighted by molar-refractivity contribution is 0.672. The van der Waals surface area contributed by atoms with Gasteiger partial charge in [0, 0.05) is 60.7 Å². The fourth-order valence-corrected chi connectivity index (χ4v) is 14.1. The Morgan fingerprint density at radius 2 is 0.643 bits per heavy atom. The zero-order valence-electron chi connectivity index (χ0n) is 52.7. The Morgan fingerprint density at radius 3 is 1.34 bits per heavy atom. The number of rotatable bonds is 11. The lowest BCUT2D eigenvalue weighted by Gasteiger charge is -2.13. The van der Waals surface area contributed by atoms with E-state index in [1.54, 1.807) is 0 Å². The van der Waals surface area contributed by atoms with Crippen LogP contribution in [0.3, 0.4) is 0 Å². The molecule has 0 saturated heterocycles. The molecule has 0 unspecified atom stereocenters. The van der Waals surface area contributed by atoms with Gasteiger partial charge in [0.15, 0.2) is 11.6 Å². The molecule has 0 aliphatic heterocycles. The van der Waals surface area contributed by atoms with Crippen molar-refractivity contribution in [3.63, 3.8) is 0 Å². The van der Waals surface area contributed by atoms with Crippen LogP contribution in [0.2, 0.25) is 0 Å². The minimum absolute atomic E-state index is 0.605. The first-order valence-electron chi connectivity index (χ1n) is 32.9. The summed E-state index contributed by atoms with van der Waals surface area (Å²) in [5, 5.41) is 8.32. The Bertz CT molecular complexity index is 6340. The molecule has 8 nitrogen and oxygen atoms in total. The second kappa shape index (κ2) is 23.3. The van der Waals surface area contributed by atoms with Crippen molar-refractivity contribution in [2.45, 2.75) is 0 Å². The van der Waals surface area contributed by atoms with Crippen LogP contribution in [0.25, 0.3) is 200 Å². The molecule has 0 radical (unpaired) electrons. The van der Waals surface area contributed by atoms with Crippen LogP contribution >= 0.6 is 0 Å². The molecule has 456 valence electrons. The van der Waals surface area contributed by atoms with Gasteiger partial charge in [-0.25, -0.2) is 29.9 Å². The predicted molar refractivity (Wildman–Crippen MR) is 400 cm³/mol. The smallest absolute Gasteiger partial charge is 0.160 e. The molecule has 6 heterocycles. The second-order valence-electron chi connectivity index (χ2n) is 24.8. The van der Waals surface area contributed by atoms with Gasteiger partial charge in [-0.3, -0.25) is 0 Å².